The quantitative estimate of drug-likeness (QED) is 0.839. The number of nitrogens with zero attached hydrogens (tertiary/aromatic N) is 2. The Bertz CT molecular complexity index is 444. The molecule has 0 bridgehead atoms. The van der Waals surface area contributed by atoms with Crippen LogP contribution in [0.5, 0.6) is 0 Å². The third-order valence-electron chi connectivity index (χ3n) is 3.32. The van der Waals surface area contributed by atoms with Crippen molar-refractivity contribution in [1.29, 1.82) is 5.26 Å². The van der Waals surface area contributed by atoms with Crippen LogP contribution in [0.4, 0.5) is 0 Å². The highest BCUT2D eigenvalue weighted by Crippen LogP contribution is 2.32. The van der Waals surface area contributed by atoms with Crippen molar-refractivity contribution >= 4 is 17.2 Å². The molecule has 1 saturated heterocycles. The van der Waals surface area contributed by atoms with Crippen LogP contribution in [0, 0.1) is 16.7 Å². The highest BCUT2D eigenvalue weighted by molar-refractivity contribution is 7.07. The number of hydrogen-bond donors (Lipinski definition) is 0. The first-order chi connectivity index (χ1) is 8.68. The Hall–Kier alpha value is -1.38. The summed E-state index contributed by atoms with van der Waals surface area (Å²) < 4.78 is 5.24. The van der Waals surface area contributed by atoms with Gasteiger partial charge in [-0.3, -0.25) is 4.79 Å². The van der Waals surface area contributed by atoms with Crippen molar-refractivity contribution in [1.82, 2.24) is 4.90 Å². The topological polar surface area (TPSA) is 53.3 Å². The van der Waals surface area contributed by atoms with Crippen LogP contribution in [0.15, 0.2) is 16.8 Å². The highest BCUT2D eigenvalue weighted by Gasteiger charge is 2.42. The van der Waals surface area contributed by atoms with Crippen molar-refractivity contribution in [2.24, 2.45) is 5.41 Å². The molecule has 0 atom stereocenters. The Labute approximate surface area is 111 Å². The van der Waals surface area contributed by atoms with Crippen LogP contribution in [0.1, 0.15) is 18.4 Å². The molecule has 2 heterocycles. The molecular formula is C13H16N2O2S. The van der Waals surface area contributed by atoms with Crippen LogP contribution < -0.4 is 0 Å². The number of nitriles is 1. The number of ether oxygens (including phenoxy) is 1. The van der Waals surface area contributed by atoms with Gasteiger partial charge in [-0.15, -0.1) is 0 Å². The van der Waals surface area contributed by atoms with Gasteiger partial charge in [-0.25, -0.2) is 0 Å². The minimum Gasteiger partial charge on any atom is -0.381 e. The predicted octanol–water partition coefficient (Wildman–Crippen LogP) is 2.03. The first-order valence-corrected chi connectivity index (χ1v) is 6.88. The number of hydrogen-bond acceptors (Lipinski definition) is 4. The maximum atomic E-state index is 12.4. The zero-order chi connectivity index (χ0) is 13.0. The van der Waals surface area contributed by atoms with E-state index >= 15 is 0 Å². The largest absolute Gasteiger partial charge is 0.381 e. The number of thiophene rings is 1. The Morgan fingerprint density at radius 3 is 2.89 bits per heavy atom. The van der Waals surface area contributed by atoms with Gasteiger partial charge in [0.05, 0.1) is 6.07 Å². The van der Waals surface area contributed by atoms with E-state index in [9.17, 15) is 10.1 Å². The minimum absolute atomic E-state index is 0.0838. The lowest BCUT2D eigenvalue weighted by atomic mass is 9.80. The van der Waals surface area contributed by atoms with Crippen LogP contribution in [0.25, 0.3) is 0 Å². The van der Waals surface area contributed by atoms with Crippen LogP contribution in [0.3, 0.4) is 0 Å². The Morgan fingerprint density at radius 1 is 1.61 bits per heavy atom. The Kier molecular flexibility index (Phi) is 4.00. The molecule has 2 rings (SSSR count). The minimum atomic E-state index is -0.886. The van der Waals surface area contributed by atoms with Gasteiger partial charge in [0, 0.05) is 26.8 Å². The summed E-state index contributed by atoms with van der Waals surface area (Å²) in [6.45, 7) is 1.55. The predicted molar refractivity (Wildman–Crippen MR) is 68.9 cm³/mol. The van der Waals surface area contributed by atoms with Gasteiger partial charge in [-0.2, -0.15) is 16.6 Å². The lowest BCUT2D eigenvalue weighted by Gasteiger charge is -2.32. The molecule has 0 radical (unpaired) electrons. The lowest BCUT2D eigenvalue weighted by Crippen LogP contribution is -2.44. The number of rotatable bonds is 3. The lowest BCUT2D eigenvalue weighted by molar-refractivity contribution is -0.142. The molecule has 0 aliphatic carbocycles. The molecular weight excluding hydrogens is 248 g/mol. The van der Waals surface area contributed by atoms with E-state index in [-0.39, 0.29) is 5.91 Å². The number of amides is 1. The number of carbonyl (C=O) groups excluding carboxylic acids is 1. The second-order valence-corrected chi connectivity index (χ2v) is 5.38. The summed E-state index contributed by atoms with van der Waals surface area (Å²) >= 11 is 1.61. The van der Waals surface area contributed by atoms with Crippen LogP contribution in [-0.4, -0.2) is 31.1 Å². The molecule has 0 spiro atoms. The molecule has 1 amide bonds. The second-order valence-electron chi connectivity index (χ2n) is 4.60. The molecule has 1 aliphatic heterocycles. The van der Waals surface area contributed by atoms with Crippen molar-refractivity contribution < 1.29 is 9.53 Å². The van der Waals surface area contributed by atoms with Crippen molar-refractivity contribution in [3.05, 3.63) is 22.4 Å². The van der Waals surface area contributed by atoms with Crippen molar-refractivity contribution in [2.75, 3.05) is 20.3 Å². The zero-order valence-electron chi connectivity index (χ0n) is 10.4. The van der Waals surface area contributed by atoms with Gasteiger partial charge >= 0.3 is 0 Å². The van der Waals surface area contributed by atoms with Gasteiger partial charge in [0.1, 0.15) is 5.41 Å². The average Bonchev–Trinajstić information content (AvgIpc) is 2.91. The van der Waals surface area contributed by atoms with Gasteiger partial charge in [0.2, 0.25) is 5.91 Å². The maximum absolute atomic E-state index is 12.4. The average molecular weight is 264 g/mol. The fourth-order valence-corrected chi connectivity index (χ4v) is 2.85. The highest BCUT2D eigenvalue weighted by atomic mass is 32.1. The van der Waals surface area contributed by atoms with Crippen molar-refractivity contribution in [3.63, 3.8) is 0 Å². The molecule has 4 nitrogen and oxygen atoms in total. The molecule has 96 valence electrons. The van der Waals surface area contributed by atoms with E-state index in [1.165, 1.54) is 0 Å². The third kappa shape index (κ3) is 2.55. The Balaban J connectivity index is 2.07. The molecule has 1 aromatic rings. The first-order valence-electron chi connectivity index (χ1n) is 5.93. The summed E-state index contributed by atoms with van der Waals surface area (Å²) in [4.78, 5) is 14.1. The molecule has 0 unspecified atom stereocenters. The summed E-state index contributed by atoms with van der Waals surface area (Å²) in [6, 6.07) is 4.21. The fraction of sp³-hybridized carbons (Fsp3) is 0.538. The fourth-order valence-electron chi connectivity index (χ4n) is 2.19. The first kappa shape index (κ1) is 13.1. The SMILES string of the molecule is CN(Cc1ccsc1)C(=O)C1(C#N)CCOCC1. The van der Waals surface area contributed by atoms with Crippen LogP contribution in [-0.2, 0) is 16.1 Å². The van der Waals surface area contributed by atoms with Gasteiger partial charge in [-0.05, 0) is 35.2 Å². The van der Waals surface area contributed by atoms with Crippen molar-refractivity contribution in [3.8, 4) is 6.07 Å². The van der Waals surface area contributed by atoms with Crippen LogP contribution in [0.2, 0.25) is 0 Å². The van der Waals surface area contributed by atoms with Crippen molar-refractivity contribution in [2.45, 2.75) is 19.4 Å². The normalized spacial score (nSPS) is 18.0. The van der Waals surface area contributed by atoms with E-state index in [1.54, 1.807) is 23.3 Å². The maximum Gasteiger partial charge on any atom is 0.243 e. The number of carbonyl (C=O) groups is 1. The summed E-state index contributed by atoms with van der Waals surface area (Å²) in [5.41, 5.74) is 0.222. The zero-order valence-corrected chi connectivity index (χ0v) is 11.2. The van der Waals surface area contributed by atoms with E-state index in [0.29, 0.717) is 32.6 Å². The standard InChI is InChI=1S/C13H16N2O2S/c1-15(8-11-2-7-18-9-11)12(16)13(10-14)3-5-17-6-4-13/h2,7,9H,3-6,8H2,1H3. The van der Waals surface area contributed by atoms with Gasteiger partial charge in [0.25, 0.3) is 0 Å². The molecule has 18 heavy (non-hydrogen) atoms. The smallest absolute Gasteiger partial charge is 0.243 e. The summed E-state index contributed by atoms with van der Waals surface area (Å²) in [5.74, 6) is -0.0838. The second kappa shape index (κ2) is 5.51. The van der Waals surface area contributed by atoms with Gasteiger partial charge in [-0.1, -0.05) is 0 Å². The molecule has 0 saturated carbocycles. The molecule has 5 heteroatoms. The summed E-state index contributed by atoms with van der Waals surface area (Å²) in [7, 11) is 1.76. The molecule has 0 N–H and O–H groups in total. The van der Waals surface area contributed by atoms with E-state index in [0.717, 1.165) is 5.56 Å². The van der Waals surface area contributed by atoms with Crippen LogP contribution >= 0.6 is 11.3 Å². The van der Waals surface area contributed by atoms with E-state index in [2.05, 4.69) is 6.07 Å². The van der Waals surface area contributed by atoms with Gasteiger partial charge in [0.15, 0.2) is 0 Å². The monoisotopic (exact) mass is 264 g/mol. The molecule has 1 aliphatic rings. The van der Waals surface area contributed by atoms with E-state index < -0.39 is 5.41 Å². The van der Waals surface area contributed by atoms with Gasteiger partial charge < -0.3 is 9.64 Å². The summed E-state index contributed by atoms with van der Waals surface area (Å²) in [6.07, 6.45) is 0.993. The molecule has 1 fully saturated rings. The Morgan fingerprint density at radius 2 is 2.33 bits per heavy atom. The third-order valence-corrected chi connectivity index (χ3v) is 4.05. The van der Waals surface area contributed by atoms with E-state index in [1.807, 2.05) is 16.8 Å². The summed E-state index contributed by atoms with van der Waals surface area (Å²) in [5, 5.41) is 13.3. The molecule has 1 aromatic heterocycles. The molecule has 0 aromatic carbocycles. The van der Waals surface area contributed by atoms with E-state index in [4.69, 9.17) is 4.74 Å².